The van der Waals surface area contributed by atoms with E-state index in [1.165, 1.54) is 12.1 Å². The van der Waals surface area contributed by atoms with Crippen molar-refractivity contribution in [1.82, 2.24) is 0 Å². The molecule has 17 heavy (non-hydrogen) atoms. The SMILES string of the molecule is N=C(N)Nc1c[c]ccc1-c1ccc(F)cc1. The molecule has 0 aliphatic heterocycles. The van der Waals surface area contributed by atoms with E-state index in [0.717, 1.165) is 11.1 Å². The fourth-order valence-electron chi connectivity index (χ4n) is 1.56. The van der Waals surface area contributed by atoms with E-state index in [2.05, 4.69) is 11.4 Å². The molecule has 2 rings (SSSR count). The minimum Gasteiger partial charge on any atom is -0.370 e. The summed E-state index contributed by atoms with van der Waals surface area (Å²) in [7, 11) is 0. The molecule has 85 valence electrons. The largest absolute Gasteiger partial charge is 0.370 e. The average Bonchev–Trinajstić information content (AvgIpc) is 2.30. The number of guanidine groups is 1. The Morgan fingerprint density at radius 1 is 1.24 bits per heavy atom. The standard InChI is InChI=1S/C13H11FN3/c14-10-7-5-9(6-8-10)11-3-1-2-4-12(11)17-13(15)16/h1,3-8H,(H4,15,16,17). The van der Waals surface area contributed by atoms with E-state index >= 15 is 0 Å². The maximum absolute atomic E-state index is 12.8. The Kier molecular flexibility index (Phi) is 3.05. The Balaban J connectivity index is 2.44. The van der Waals surface area contributed by atoms with E-state index in [1.807, 2.05) is 6.07 Å². The summed E-state index contributed by atoms with van der Waals surface area (Å²) in [5, 5.41) is 9.94. The summed E-state index contributed by atoms with van der Waals surface area (Å²) >= 11 is 0. The summed E-state index contributed by atoms with van der Waals surface area (Å²) in [5.41, 5.74) is 7.66. The molecule has 0 bridgehead atoms. The number of nitrogens with two attached hydrogens (primary N) is 1. The summed E-state index contributed by atoms with van der Waals surface area (Å²) in [5.74, 6) is -0.426. The molecule has 0 aromatic heterocycles. The van der Waals surface area contributed by atoms with E-state index < -0.39 is 0 Å². The maximum atomic E-state index is 12.8. The maximum Gasteiger partial charge on any atom is 0.190 e. The summed E-state index contributed by atoms with van der Waals surface area (Å²) in [6.45, 7) is 0. The predicted octanol–water partition coefficient (Wildman–Crippen LogP) is 2.60. The van der Waals surface area contributed by atoms with Gasteiger partial charge < -0.3 is 11.1 Å². The lowest BCUT2D eigenvalue weighted by molar-refractivity contribution is 0.628. The lowest BCUT2D eigenvalue weighted by atomic mass is 10.0. The molecule has 2 aromatic rings. The molecule has 0 fully saturated rings. The third kappa shape index (κ3) is 2.60. The van der Waals surface area contributed by atoms with Crippen LogP contribution in [0.15, 0.2) is 42.5 Å². The Hall–Kier alpha value is -2.36. The van der Waals surface area contributed by atoms with Crippen molar-refractivity contribution in [1.29, 1.82) is 5.41 Å². The van der Waals surface area contributed by atoms with Gasteiger partial charge in [0.05, 0.1) is 0 Å². The molecule has 4 heteroatoms. The average molecular weight is 228 g/mol. The topological polar surface area (TPSA) is 61.9 Å². The van der Waals surface area contributed by atoms with Crippen molar-refractivity contribution in [2.75, 3.05) is 5.32 Å². The third-order valence-electron chi connectivity index (χ3n) is 2.29. The van der Waals surface area contributed by atoms with Crippen LogP contribution >= 0.6 is 0 Å². The number of rotatable bonds is 2. The van der Waals surface area contributed by atoms with Crippen molar-refractivity contribution in [3.05, 3.63) is 54.3 Å². The Bertz CT molecular complexity index is 535. The van der Waals surface area contributed by atoms with Gasteiger partial charge in [0, 0.05) is 11.3 Å². The lowest BCUT2D eigenvalue weighted by Crippen LogP contribution is -2.20. The van der Waals surface area contributed by atoms with E-state index in [1.54, 1.807) is 24.3 Å². The zero-order valence-electron chi connectivity index (χ0n) is 9.00. The van der Waals surface area contributed by atoms with Crippen molar-refractivity contribution in [2.45, 2.75) is 0 Å². The van der Waals surface area contributed by atoms with Crippen molar-refractivity contribution in [3.63, 3.8) is 0 Å². The van der Waals surface area contributed by atoms with Crippen LogP contribution in [0, 0.1) is 17.3 Å². The highest BCUT2D eigenvalue weighted by molar-refractivity contribution is 5.94. The van der Waals surface area contributed by atoms with Gasteiger partial charge in [-0.2, -0.15) is 0 Å². The van der Waals surface area contributed by atoms with Crippen LogP contribution in [-0.4, -0.2) is 5.96 Å². The van der Waals surface area contributed by atoms with Crippen LogP contribution in [0.1, 0.15) is 0 Å². The van der Waals surface area contributed by atoms with Crippen LogP contribution in [0.5, 0.6) is 0 Å². The van der Waals surface area contributed by atoms with Crippen LogP contribution in [0.4, 0.5) is 10.1 Å². The summed E-state index contributed by atoms with van der Waals surface area (Å²) < 4.78 is 12.8. The van der Waals surface area contributed by atoms with Gasteiger partial charge in [-0.1, -0.05) is 24.3 Å². The molecule has 0 unspecified atom stereocenters. The zero-order valence-corrected chi connectivity index (χ0v) is 9.00. The van der Waals surface area contributed by atoms with Gasteiger partial charge in [-0.15, -0.1) is 0 Å². The fourth-order valence-corrected chi connectivity index (χ4v) is 1.56. The van der Waals surface area contributed by atoms with Crippen molar-refractivity contribution in [2.24, 2.45) is 5.73 Å². The zero-order chi connectivity index (χ0) is 12.3. The Morgan fingerprint density at radius 3 is 2.59 bits per heavy atom. The first-order valence-electron chi connectivity index (χ1n) is 5.04. The molecular weight excluding hydrogens is 217 g/mol. The minimum atomic E-state index is -0.280. The fraction of sp³-hybridized carbons (Fsp3) is 0. The van der Waals surface area contributed by atoms with Gasteiger partial charge in [-0.05, 0) is 29.8 Å². The van der Waals surface area contributed by atoms with Crippen molar-refractivity contribution in [3.8, 4) is 11.1 Å². The van der Waals surface area contributed by atoms with Crippen LogP contribution in [0.2, 0.25) is 0 Å². The molecule has 3 nitrogen and oxygen atoms in total. The molecule has 4 N–H and O–H groups in total. The van der Waals surface area contributed by atoms with E-state index in [9.17, 15) is 4.39 Å². The minimum absolute atomic E-state index is 0.145. The second-order valence-electron chi connectivity index (χ2n) is 3.52. The van der Waals surface area contributed by atoms with Gasteiger partial charge >= 0.3 is 0 Å². The summed E-state index contributed by atoms with van der Waals surface area (Å²) in [4.78, 5) is 0. The van der Waals surface area contributed by atoms with Gasteiger partial charge in [-0.3, -0.25) is 5.41 Å². The second-order valence-corrected chi connectivity index (χ2v) is 3.52. The highest BCUT2D eigenvalue weighted by Crippen LogP contribution is 2.27. The second kappa shape index (κ2) is 4.65. The van der Waals surface area contributed by atoms with Gasteiger partial charge in [0.1, 0.15) is 5.82 Å². The normalized spacial score (nSPS) is 9.94. The molecule has 0 saturated carbocycles. The highest BCUT2D eigenvalue weighted by Gasteiger charge is 2.04. The Labute approximate surface area is 98.6 Å². The molecular formula is C13H11FN3. The number of benzene rings is 2. The van der Waals surface area contributed by atoms with Crippen molar-refractivity contribution >= 4 is 11.6 Å². The van der Waals surface area contributed by atoms with Crippen molar-refractivity contribution < 1.29 is 4.39 Å². The monoisotopic (exact) mass is 228 g/mol. The van der Waals surface area contributed by atoms with E-state index in [4.69, 9.17) is 11.1 Å². The first-order chi connectivity index (χ1) is 8.16. The molecule has 0 aliphatic rings. The molecule has 0 spiro atoms. The molecule has 0 saturated heterocycles. The lowest BCUT2D eigenvalue weighted by Gasteiger charge is -2.10. The number of anilines is 1. The van der Waals surface area contributed by atoms with E-state index in [0.29, 0.717) is 5.69 Å². The first kappa shape index (κ1) is 11.1. The smallest absolute Gasteiger partial charge is 0.190 e. The molecule has 0 heterocycles. The molecule has 1 radical (unpaired) electrons. The molecule has 2 aromatic carbocycles. The van der Waals surface area contributed by atoms with Gasteiger partial charge in [0.2, 0.25) is 0 Å². The molecule has 0 amide bonds. The van der Waals surface area contributed by atoms with Gasteiger partial charge in [-0.25, -0.2) is 4.39 Å². The quantitative estimate of drug-likeness (QED) is 0.546. The van der Waals surface area contributed by atoms with E-state index in [-0.39, 0.29) is 11.8 Å². The van der Waals surface area contributed by atoms with Crippen LogP contribution < -0.4 is 11.1 Å². The first-order valence-corrected chi connectivity index (χ1v) is 5.04. The van der Waals surface area contributed by atoms with Crippen LogP contribution in [0.3, 0.4) is 0 Å². The number of halogens is 1. The summed E-state index contributed by atoms with van der Waals surface area (Å²) in [6, 6.07) is 14.3. The number of hydrogen-bond acceptors (Lipinski definition) is 1. The number of nitrogens with one attached hydrogen (secondary N) is 2. The van der Waals surface area contributed by atoms with Crippen LogP contribution in [-0.2, 0) is 0 Å². The molecule has 0 aliphatic carbocycles. The molecule has 0 atom stereocenters. The summed E-state index contributed by atoms with van der Waals surface area (Å²) in [6.07, 6.45) is 0. The third-order valence-corrected chi connectivity index (χ3v) is 2.29. The predicted molar refractivity (Wildman–Crippen MR) is 66.2 cm³/mol. The van der Waals surface area contributed by atoms with Gasteiger partial charge in [0.25, 0.3) is 0 Å². The Morgan fingerprint density at radius 2 is 1.94 bits per heavy atom. The highest BCUT2D eigenvalue weighted by atomic mass is 19.1. The van der Waals surface area contributed by atoms with Gasteiger partial charge in [0.15, 0.2) is 5.96 Å². The number of hydrogen-bond donors (Lipinski definition) is 3. The van der Waals surface area contributed by atoms with Crippen LogP contribution in [0.25, 0.3) is 11.1 Å².